The first-order chi connectivity index (χ1) is 9.97. The lowest BCUT2D eigenvalue weighted by Gasteiger charge is -2.17. The van der Waals surface area contributed by atoms with Crippen LogP contribution in [0.3, 0.4) is 0 Å². The number of alkyl halides is 1. The van der Waals surface area contributed by atoms with Crippen LogP contribution >= 0.6 is 59.4 Å². The molecule has 0 radical (unpaired) electrons. The molecule has 2 aromatic rings. The van der Waals surface area contributed by atoms with E-state index < -0.39 is 0 Å². The lowest BCUT2D eigenvalue weighted by atomic mass is 10.0. The van der Waals surface area contributed by atoms with Gasteiger partial charge in [-0.1, -0.05) is 59.4 Å². The van der Waals surface area contributed by atoms with E-state index in [1.807, 2.05) is 30.3 Å². The van der Waals surface area contributed by atoms with Crippen LogP contribution < -0.4 is 9.47 Å². The van der Waals surface area contributed by atoms with E-state index >= 15 is 0 Å². The van der Waals surface area contributed by atoms with E-state index in [1.54, 1.807) is 14.2 Å². The topological polar surface area (TPSA) is 18.5 Å². The van der Waals surface area contributed by atoms with E-state index in [4.69, 9.17) is 21.1 Å². The van der Waals surface area contributed by atoms with E-state index in [1.165, 1.54) is 0 Å². The normalized spacial score (nSPS) is 12.1. The number of rotatable bonds is 4. The van der Waals surface area contributed by atoms with E-state index in [0.29, 0.717) is 16.5 Å². The van der Waals surface area contributed by atoms with Gasteiger partial charge in [0.25, 0.3) is 0 Å². The molecule has 0 fully saturated rings. The summed E-state index contributed by atoms with van der Waals surface area (Å²) in [7, 11) is 3.23. The SMILES string of the molecule is COc1cc(Br)c(C(Br)c2cc(Br)ccc2Cl)cc1OC. The van der Waals surface area contributed by atoms with Gasteiger partial charge >= 0.3 is 0 Å². The Morgan fingerprint density at radius 2 is 1.57 bits per heavy atom. The van der Waals surface area contributed by atoms with Gasteiger partial charge in [-0.15, -0.1) is 0 Å². The van der Waals surface area contributed by atoms with Crippen molar-refractivity contribution in [1.29, 1.82) is 0 Å². The first kappa shape index (κ1) is 17.1. The third kappa shape index (κ3) is 3.76. The minimum absolute atomic E-state index is 0.0725. The molecule has 2 aromatic carbocycles. The fourth-order valence-corrected chi connectivity index (χ4v) is 4.29. The zero-order valence-corrected chi connectivity index (χ0v) is 16.8. The monoisotopic (exact) mass is 496 g/mol. The molecule has 0 saturated carbocycles. The number of hydrogen-bond acceptors (Lipinski definition) is 2. The summed E-state index contributed by atoms with van der Waals surface area (Å²) in [6, 6.07) is 9.58. The average Bonchev–Trinajstić information content (AvgIpc) is 2.48. The lowest BCUT2D eigenvalue weighted by molar-refractivity contribution is 0.354. The highest BCUT2D eigenvalue weighted by Crippen LogP contribution is 2.43. The summed E-state index contributed by atoms with van der Waals surface area (Å²) in [4.78, 5) is -0.0725. The van der Waals surface area contributed by atoms with Gasteiger partial charge in [0.15, 0.2) is 11.5 Å². The molecular weight excluding hydrogens is 487 g/mol. The summed E-state index contributed by atoms with van der Waals surface area (Å²) >= 11 is 17.1. The predicted molar refractivity (Wildman–Crippen MR) is 97.2 cm³/mol. The van der Waals surface area contributed by atoms with Gasteiger partial charge in [-0.3, -0.25) is 0 Å². The van der Waals surface area contributed by atoms with Gasteiger partial charge in [-0.05, 0) is 41.5 Å². The summed E-state index contributed by atoms with van der Waals surface area (Å²) in [6.07, 6.45) is 0. The van der Waals surface area contributed by atoms with Crippen molar-refractivity contribution in [2.45, 2.75) is 4.83 Å². The van der Waals surface area contributed by atoms with Crippen LogP contribution in [0.15, 0.2) is 39.3 Å². The van der Waals surface area contributed by atoms with Gasteiger partial charge in [0.1, 0.15) is 0 Å². The molecule has 0 heterocycles. The van der Waals surface area contributed by atoms with Crippen LogP contribution in [0.5, 0.6) is 11.5 Å². The largest absolute Gasteiger partial charge is 0.493 e. The van der Waals surface area contributed by atoms with E-state index in [0.717, 1.165) is 20.1 Å². The molecule has 0 spiro atoms. The molecule has 0 aliphatic rings. The van der Waals surface area contributed by atoms with Crippen LogP contribution in [0.1, 0.15) is 16.0 Å². The molecule has 2 nitrogen and oxygen atoms in total. The molecule has 0 N–H and O–H groups in total. The van der Waals surface area contributed by atoms with Crippen molar-refractivity contribution in [2.75, 3.05) is 14.2 Å². The summed E-state index contributed by atoms with van der Waals surface area (Å²) in [5.74, 6) is 1.35. The second-order valence-corrected chi connectivity index (χ2v) is 7.35. The van der Waals surface area contributed by atoms with Crippen LogP contribution in [0.2, 0.25) is 5.02 Å². The Morgan fingerprint density at radius 1 is 0.952 bits per heavy atom. The average molecular weight is 499 g/mol. The maximum atomic E-state index is 6.30. The van der Waals surface area contributed by atoms with Gasteiger partial charge in [0.2, 0.25) is 0 Å². The van der Waals surface area contributed by atoms with Crippen LogP contribution in [-0.4, -0.2) is 14.2 Å². The predicted octanol–water partition coefficient (Wildman–Crippen LogP) is 6.37. The second-order valence-electron chi connectivity index (χ2n) is 4.26. The van der Waals surface area contributed by atoms with Crippen molar-refractivity contribution < 1.29 is 9.47 Å². The van der Waals surface area contributed by atoms with Crippen LogP contribution in [0.25, 0.3) is 0 Å². The molecule has 0 bridgehead atoms. The van der Waals surface area contributed by atoms with E-state index in [9.17, 15) is 0 Å². The van der Waals surface area contributed by atoms with Gasteiger partial charge in [-0.25, -0.2) is 0 Å². The van der Waals surface area contributed by atoms with Crippen molar-refractivity contribution in [3.63, 3.8) is 0 Å². The summed E-state index contributed by atoms with van der Waals surface area (Å²) in [6.45, 7) is 0. The molecule has 6 heteroatoms. The van der Waals surface area contributed by atoms with Crippen molar-refractivity contribution in [3.05, 3.63) is 55.4 Å². The quantitative estimate of drug-likeness (QED) is 0.456. The fraction of sp³-hybridized carbons (Fsp3) is 0.200. The number of ether oxygens (including phenoxy) is 2. The third-order valence-corrected chi connectivity index (χ3v) is 5.52. The van der Waals surface area contributed by atoms with E-state index in [2.05, 4.69) is 47.8 Å². The molecule has 2 rings (SSSR count). The first-order valence-electron chi connectivity index (χ1n) is 5.98. The highest BCUT2D eigenvalue weighted by atomic mass is 79.9. The minimum atomic E-state index is -0.0725. The molecular formula is C15H12Br3ClO2. The number of hydrogen-bond donors (Lipinski definition) is 0. The van der Waals surface area contributed by atoms with Crippen molar-refractivity contribution in [1.82, 2.24) is 0 Å². The van der Waals surface area contributed by atoms with Gasteiger partial charge in [-0.2, -0.15) is 0 Å². The standard InChI is InChI=1S/C15H12Br3ClO2/c1-20-13-6-9(11(17)7-14(13)21-2)15(18)10-5-8(16)3-4-12(10)19/h3-7,15H,1-2H3. The second kappa shape index (κ2) is 7.36. The zero-order chi connectivity index (χ0) is 15.6. The molecule has 0 aromatic heterocycles. The molecule has 0 amide bonds. The highest BCUT2D eigenvalue weighted by Gasteiger charge is 2.19. The maximum Gasteiger partial charge on any atom is 0.161 e. The Morgan fingerprint density at radius 3 is 2.19 bits per heavy atom. The summed E-state index contributed by atoms with van der Waals surface area (Å²) in [5, 5.41) is 0.696. The van der Waals surface area contributed by atoms with Crippen LogP contribution in [0, 0.1) is 0 Å². The summed E-state index contributed by atoms with van der Waals surface area (Å²) < 4.78 is 12.5. The lowest BCUT2D eigenvalue weighted by Crippen LogP contribution is -1.98. The zero-order valence-electron chi connectivity index (χ0n) is 11.3. The molecule has 112 valence electrons. The van der Waals surface area contributed by atoms with Gasteiger partial charge in [0.05, 0.1) is 19.0 Å². The van der Waals surface area contributed by atoms with Crippen molar-refractivity contribution in [2.24, 2.45) is 0 Å². The molecule has 21 heavy (non-hydrogen) atoms. The highest BCUT2D eigenvalue weighted by molar-refractivity contribution is 9.11. The van der Waals surface area contributed by atoms with Crippen molar-refractivity contribution in [3.8, 4) is 11.5 Å². The van der Waals surface area contributed by atoms with E-state index in [-0.39, 0.29) is 4.83 Å². The van der Waals surface area contributed by atoms with Crippen LogP contribution in [-0.2, 0) is 0 Å². The Labute approximate surface area is 154 Å². The smallest absolute Gasteiger partial charge is 0.161 e. The molecule has 1 atom stereocenters. The molecule has 1 unspecified atom stereocenters. The Kier molecular flexibility index (Phi) is 6.00. The minimum Gasteiger partial charge on any atom is -0.493 e. The Bertz CT molecular complexity index is 662. The van der Waals surface area contributed by atoms with Crippen molar-refractivity contribution >= 4 is 59.4 Å². The molecule has 0 aliphatic heterocycles. The third-order valence-electron chi connectivity index (χ3n) is 3.01. The number of methoxy groups -OCH3 is 2. The number of halogens is 4. The summed E-state index contributed by atoms with van der Waals surface area (Å²) in [5.41, 5.74) is 1.98. The fourth-order valence-electron chi connectivity index (χ4n) is 1.94. The first-order valence-corrected chi connectivity index (χ1v) is 8.86. The molecule has 0 aliphatic carbocycles. The maximum absolute atomic E-state index is 6.30. The Hall–Kier alpha value is -0.230. The van der Waals surface area contributed by atoms with Crippen LogP contribution in [0.4, 0.5) is 0 Å². The Balaban J connectivity index is 2.52. The molecule has 0 saturated heterocycles. The number of benzene rings is 2. The van der Waals surface area contributed by atoms with Gasteiger partial charge in [0, 0.05) is 14.0 Å². The van der Waals surface area contributed by atoms with Gasteiger partial charge < -0.3 is 9.47 Å².